The summed E-state index contributed by atoms with van der Waals surface area (Å²) in [6, 6.07) is 0. The summed E-state index contributed by atoms with van der Waals surface area (Å²) < 4.78 is 31.5. The fourth-order valence-electron chi connectivity index (χ4n) is 2.45. The van der Waals surface area contributed by atoms with Gasteiger partial charge in [0.2, 0.25) is 0 Å². The quantitative estimate of drug-likeness (QED) is 0.328. The summed E-state index contributed by atoms with van der Waals surface area (Å²) in [6.07, 6.45) is -0.894. The van der Waals surface area contributed by atoms with Crippen LogP contribution in [0.2, 0.25) is 0 Å². The lowest BCUT2D eigenvalue weighted by Crippen LogP contribution is -2.62. The zero-order chi connectivity index (χ0) is 20.6. The van der Waals surface area contributed by atoms with Gasteiger partial charge in [0.05, 0.1) is 0 Å². The van der Waals surface area contributed by atoms with E-state index in [1.54, 1.807) is 0 Å². The third kappa shape index (κ3) is 7.24. The third-order valence-electron chi connectivity index (χ3n) is 3.28. The predicted molar refractivity (Wildman–Crippen MR) is 86.7 cm³/mol. The molecule has 1 rings (SSSR count). The lowest BCUT2D eigenvalue weighted by Gasteiger charge is -2.43. The molecule has 0 N–H and O–H groups in total. The molecule has 150 valence electrons. The van der Waals surface area contributed by atoms with Crippen LogP contribution in [0, 0.1) is 12.3 Å². The van der Waals surface area contributed by atoms with Gasteiger partial charge < -0.3 is 28.4 Å². The van der Waals surface area contributed by atoms with Gasteiger partial charge in [-0.2, -0.15) is 0 Å². The zero-order valence-electron chi connectivity index (χ0n) is 15.5. The minimum absolute atomic E-state index is 0.201. The van der Waals surface area contributed by atoms with Crippen molar-refractivity contribution in [3.63, 3.8) is 0 Å². The number of rotatable bonds is 7. The first-order valence-corrected chi connectivity index (χ1v) is 8.01. The maximum atomic E-state index is 11.6. The molecule has 5 atom stereocenters. The number of carbonyl (C=O) groups is 4. The van der Waals surface area contributed by atoms with E-state index in [4.69, 9.17) is 34.8 Å². The van der Waals surface area contributed by atoms with Crippen LogP contribution < -0.4 is 0 Å². The average Bonchev–Trinajstić information content (AvgIpc) is 2.54. The molecular formula is C17H22O10. The Hall–Kier alpha value is -2.64. The fraction of sp³-hybridized carbons (Fsp3) is 0.647. The lowest BCUT2D eigenvalue weighted by atomic mass is 9.98. The smallest absolute Gasteiger partial charge is 0.303 e. The number of carbonyl (C=O) groups excluding carboxylic acids is 4. The number of terminal acetylenes is 1. The van der Waals surface area contributed by atoms with Gasteiger partial charge in [-0.25, -0.2) is 0 Å². The monoisotopic (exact) mass is 386 g/mol. The Balaban J connectivity index is 3.25. The molecule has 0 saturated carbocycles. The highest BCUT2D eigenvalue weighted by molar-refractivity contribution is 5.68. The highest BCUT2D eigenvalue weighted by Gasteiger charge is 2.52. The van der Waals surface area contributed by atoms with Gasteiger partial charge in [0.15, 0.2) is 24.6 Å². The van der Waals surface area contributed by atoms with Crippen LogP contribution in [-0.2, 0) is 47.6 Å². The SMILES string of the molecule is C#CCO[C@@H]1OC(COC(C)=O)[C@H](OC(C)=O)C(OC(C)=O)C1OC(C)=O. The van der Waals surface area contributed by atoms with Crippen molar-refractivity contribution in [2.24, 2.45) is 0 Å². The predicted octanol–water partition coefficient (Wildman–Crippen LogP) is -0.281. The van der Waals surface area contributed by atoms with Gasteiger partial charge in [-0.1, -0.05) is 5.92 Å². The van der Waals surface area contributed by atoms with Gasteiger partial charge in [-0.15, -0.1) is 6.42 Å². The van der Waals surface area contributed by atoms with Crippen LogP contribution in [0.4, 0.5) is 0 Å². The molecule has 1 aliphatic rings. The number of hydrogen-bond donors (Lipinski definition) is 0. The van der Waals surface area contributed by atoms with E-state index >= 15 is 0 Å². The molecule has 10 heteroatoms. The number of esters is 4. The molecule has 1 fully saturated rings. The molecule has 10 nitrogen and oxygen atoms in total. The molecular weight excluding hydrogens is 364 g/mol. The number of hydrogen-bond acceptors (Lipinski definition) is 10. The second kappa shape index (κ2) is 10.5. The summed E-state index contributed by atoms with van der Waals surface area (Å²) in [6.45, 7) is 4.05. The van der Waals surface area contributed by atoms with E-state index < -0.39 is 54.6 Å². The third-order valence-corrected chi connectivity index (χ3v) is 3.28. The maximum Gasteiger partial charge on any atom is 0.303 e. The summed E-state index contributed by atoms with van der Waals surface area (Å²) in [7, 11) is 0. The van der Waals surface area contributed by atoms with Crippen molar-refractivity contribution >= 4 is 23.9 Å². The Bertz CT molecular complexity index is 607. The van der Waals surface area contributed by atoms with Crippen LogP contribution in [0.25, 0.3) is 0 Å². The topological polar surface area (TPSA) is 124 Å². The standard InChI is InChI=1S/C17H22O10/c1-6-7-22-17-16(26-12(5)21)15(25-11(4)20)14(24-10(3)19)13(27-17)8-23-9(2)18/h1,13-17H,7-8H2,2-5H3/t13?,14-,15?,16?,17+/m0/s1. The van der Waals surface area contributed by atoms with Gasteiger partial charge in [0.1, 0.15) is 19.3 Å². The molecule has 1 saturated heterocycles. The van der Waals surface area contributed by atoms with Crippen molar-refractivity contribution in [2.45, 2.75) is 58.4 Å². The van der Waals surface area contributed by atoms with Crippen LogP contribution >= 0.6 is 0 Å². The van der Waals surface area contributed by atoms with Gasteiger partial charge in [0, 0.05) is 27.7 Å². The van der Waals surface area contributed by atoms with E-state index in [2.05, 4.69) is 5.92 Å². The van der Waals surface area contributed by atoms with Crippen LogP contribution in [-0.4, -0.2) is 67.8 Å². The van der Waals surface area contributed by atoms with Gasteiger partial charge in [0.25, 0.3) is 0 Å². The minimum Gasteiger partial charge on any atom is -0.463 e. The molecule has 0 aromatic heterocycles. The molecule has 0 aromatic rings. The van der Waals surface area contributed by atoms with Gasteiger partial charge in [-0.05, 0) is 0 Å². The van der Waals surface area contributed by atoms with E-state index in [1.807, 2.05) is 0 Å². The molecule has 0 aromatic carbocycles. The van der Waals surface area contributed by atoms with Crippen LogP contribution in [0.3, 0.4) is 0 Å². The summed E-state index contributed by atoms with van der Waals surface area (Å²) in [5.74, 6) is -0.519. The van der Waals surface area contributed by atoms with Crippen molar-refractivity contribution in [1.29, 1.82) is 0 Å². The average molecular weight is 386 g/mol. The van der Waals surface area contributed by atoms with Crippen molar-refractivity contribution < 1.29 is 47.6 Å². The molecule has 0 bridgehead atoms. The van der Waals surface area contributed by atoms with Crippen LogP contribution in [0.1, 0.15) is 27.7 Å². The highest BCUT2D eigenvalue weighted by Crippen LogP contribution is 2.29. The molecule has 27 heavy (non-hydrogen) atoms. The largest absolute Gasteiger partial charge is 0.463 e. The zero-order valence-corrected chi connectivity index (χ0v) is 15.5. The van der Waals surface area contributed by atoms with E-state index in [1.165, 1.54) is 6.92 Å². The summed E-state index contributed by atoms with van der Waals surface area (Å²) in [4.78, 5) is 45.7. The van der Waals surface area contributed by atoms with E-state index in [0.29, 0.717) is 0 Å². The first-order valence-electron chi connectivity index (χ1n) is 8.01. The first-order chi connectivity index (χ1) is 12.6. The van der Waals surface area contributed by atoms with E-state index in [0.717, 1.165) is 20.8 Å². The van der Waals surface area contributed by atoms with Gasteiger partial charge in [-0.3, -0.25) is 19.2 Å². The second-order valence-corrected chi connectivity index (χ2v) is 5.58. The normalized spacial score (nSPS) is 27.0. The lowest BCUT2D eigenvalue weighted by molar-refractivity contribution is -0.305. The molecule has 3 unspecified atom stereocenters. The van der Waals surface area contributed by atoms with Crippen molar-refractivity contribution in [1.82, 2.24) is 0 Å². The number of ether oxygens (including phenoxy) is 6. The first kappa shape index (κ1) is 22.4. The highest BCUT2D eigenvalue weighted by atomic mass is 16.7. The van der Waals surface area contributed by atoms with E-state index in [9.17, 15) is 19.2 Å². The Morgan fingerprint density at radius 3 is 1.85 bits per heavy atom. The van der Waals surface area contributed by atoms with Crippen molar-refractivity contribution in [3.05, 3.63) is 0 Å². The Kier molecular flexibility index (Phi) is 8.71. The molecule has 0 radical (unpaired) electrons. The molecule has 0 amide bonds. The van der Waals surface area contributed by atoms with Crippen molar-refractivity contribution in [2.75, 3.05) is 13.2 Å². The van der Waals surface area contributed by atoms with E-state index in [-0.39, 0.29) is 13.2 Å². The summed E-state index contributed by atoms with van der Waals surface area (Å²) in [5.41, 5.74) is 0. The maximum absolute atomic E-state index is 11.6. The van der Waals surface area contributed by atoms with Gasteiger partial charge >= 0.3 is 23.9 Å². The molecule has 0 spiro atoms. The van der Waals surface area contributed by atoms with Crippen LogP contribution in [0.15, 0.2) is 0 Å². The molecule has 0 aliphatic carbocycles. The summed E-state index contributed by atoms with van der Waals surface area (Å²) in [5, 5.41) is 0. The fourth-order valence-corrected chi connectivity index (χ4v) is 2.45. The Labute approximate surface area is 156 Å². The summed E-state index contributed by atoms with van der Waals surface area (Å²) >= 11 is 0. The Morgan fingerprint density at radius 2 is 1.37 bits per heavy atom. The molecule has 1 aliphatic heterocycles. The Morgan fingerprint density at radius 1 is 0.852 bits per heavy atom. The van der Waals surface area contributed by atoms with Crippen molar-refractivity contribution in [3.8, 4) is 12.3 Å². The molecule has 1 heterocycles. The van der Waals surface area contributed by atoms with Crippen LogP contribution in [0.5, 0.6) is 0 Å². The minimum atomic E-state index is -1.27. The second-order valence-electron chi connectivity index (χ2n) is 5.58.